The van der Waals surface area contributed by atoms with E-state index < -0.39 is 10.0 Å². The molecule has 1 saturated heterocycles. The van der Waals surface area contributed by atoms with E-state index in [1.54, 1.807) is 42.5 Å². The van der Waals surface area contributed by atoms with E-state index in [0.717, 1.165) is 25.9 Å². The molecule has 2 aromatic rings. The molecule has 2 aromatic carbocycles. The Morgan fingerprint density at radius 1 is 1.08 bits per heavy atom. The van der Waals surface area contributed by atoms with Gasteiger partial charge in [-0.1, -0.05) is 42.5 Å². The van der Waals surface area contributed by atoms with Gasteiger partial charge in [-0.2, -0.15) is 0 Å². The topological polar surface area (TPSA) is 75.3 Å². The van der Waals surface area contributed by atoms with E-state index in [1.807, 2.05) is 6.07 Å². The Balaban J connectivity index is 1.82. The van der Waals surface area contributed by atoms with Crippen LogP contribution in [0.4, 0.5) is 0 Å². The van der Waals surface area contributed by atoms with Crippen molar-refractivity contribution in [1.82, 2.24) is 10.0 Å². The van der Waals surface area contributed by atoms with E-state index in [4.69, 9.17) is 0 Å². The number of sulfonamides is 1. The quantitative estimate of drug-likeness (QED) is 0.776. The van der Waals surface area contributed by atoms with Gasteiger partial charge in [0, 0.05) is 17.7 Å². The number of benzene rings is 2. The monoisotopic (exact) mass is 358 g/mol. The second-order valence-corrected chi connectivity index (χ2v) is 7.99. The lowest BCUT2D eigenvalue weighted by molar-refractivity contribution is 0.103. The standard InChI is InChI=1S/C19H22N2O3S/c22-19(16-8-2-1-3-9-16)17-10-4-5-11-18(17)25(23,24)21-14-15-7-6-12-20-13-15/h1-5,8-11,15,20-21H,6-7,12-14H2. The smallest absolute Gasteiger partial charge is 0.241 e. The maximum absolute atomic E-state index is 12.7. The van der Waals surface area contributed by atoms with Crippen LogP contribution < -0.4 is 10.0 Å². The van der Waals surface area contributed by atoms with Gasteiger partial charge in [0.15, 0.2) is 5.78 Å². The molecule has 1 heterocycles. The first-order chi connectivity index (χ1) is 12.1. The Kier molecular flexibility index (Phi) is 5.63. The van der Waals surface area contributed by atoms with Crippen LogP contribution in [-0.4, -0.2) is 33.8 Å². The third-order valence-corrected chi connectivity index (χ3v) is 5.90. The minimum absolute atomic E-state index is 0.0348. The van der Waals surface area contributed by atoms with Crippen LogP contribution in [0.15, 0.2) is 59.5 Å². The first kappa shape index (κ1) is 17.8. The molecule has 0 saturated carbocycles. The van der Waals surface area contributed by atoms with Gasteiger partial charge >= 0.3 is 0 Å². The van der Waals surface area contributed by atoms with E-state index in [1.165, 1.54) is 6.07 Å². The Bertz CT molecular complexity index is 829. The highest BCUT2D eigenvalue weighted by Gasteiger charge is 2.24. The van der Waals surface area contributed by atoms with E-state index in [9.17, 15) is 13.2 Å². The molecule has 2 N–H and O–H groups in total. The molecule has 1 fully saturated rings. The van der Waals surface area contributed by atoms with Crippen LogP contribution in [0, 0.1) is 5.92 Å². The second-order valence-electron chi connectivity index (χ2n) is 6.26. The van der Waals surface area contributed by atoms with E-state index >= 15 is 0 Å². The zero-order valence-electron chi connectivity index (χ0n) is 13.9. The molecule has 0 aliphatic carbocycles. The molecule has 5 nitrogen and oxygen atoms in total. The van der Waals surface area contributed by atoms with Gasteiger partial charge in [0.1, 0.15) is 0 Å². The average Bonchev–Trinajstić information content (AvgIpc) is 2.67. The second kappa shape index (κ2) is 7.91. The molecule has 0 amide bonds. The minimum atomic E-state index is -3.74. The van der Waals surface area contributed by atoms with Gasteiger partial charge in [-0.15, -0.1) is 0 Å². The zero-order chi connectivity index (χ0) is 17.7. The average molecular weight is 358 g/mol. The van der Waals surface area contributed by atoms with Gasteiger partial charge < -0.3 is 5.32 Å². The summed E-state index contributed by atoms with van der Waals surface area (Å²) in [5.41, 5.74) is 0.671. The molecule has 1 atom stereocenters. The van der Waals surface area contributed by atoms with Crippen molar-refractivity contribution in [1.29, 1.82) is 0 Å². The van der Waals surface area contributed by atoms with E-state index in [2.05, 4.69) is 10.0 Å². The summed E-state index contributed by atoms with van der Waals surface area (Å²) < 4.78 is 28.2. The number of carbonyl (C=O) groups is 1. The van der Waals surface area contributed by atoms with Crippen molar-refractivity contribution in [2.24, 2.45) is 5.92 Å². The van der Waals surface area contributed by atoms with Gasteiger partial charge in [0.2, 0.25) is 10.0 Å². The molecule has 0 bridgehead atoms. The molecule has 0 aromatic heterocycles. The lowest BCUT2D eigenvalue weighted by Crippen LogP contribution is -2.38. The lowest BCUT2D eigenvalue weighted by Gasteiger charge is -2.23. The molecule has 0 radical (unpaired) electrons. The summed E-state index contributed by atoms with van der Waals surface area (Å²) in [6.07, 6.45) is 2.05. The number of ketones is 1. The summed E-state index contributed by atoms with van der Waals surface area (Å²) in [6.45, 7) is 2.17. The zero-order valence-corrected chi connectivity index (χ0v) is 14.8. The number of hydrogen-bond donors (Lipinski definition) is 2. The van der Waals surface area contributed by atoms with Crippen molar-refractivity contribution in [3.63, 3.8) is 0 Å². The Morgan fingerprint density at radius 2 is 1.80 bits per heavy atom. The van der Waals surface area contributed by atoms with Gasteiger partial charge in [0.25, 0.3) is 0 Å². The van der Waals surface area contributed by atoms with Crippen LogP contribution in [0.3, 0.4) is 0 Å². The normalized spacial score (nSPS) is 18.0. The number of piperidine rings is 1. The van der Waals surface area contributed by atoms with Crippen molar-refractivity contribution < 1.29 is 13.2 Å². The number of hydrogen-bond acceptors (Lipinski definition) is 4. The third kappa shape index (κ3) is 4.34. The lowest BCUT2D eigenvalue weighted by atomic mass is 10.0. The van der Waals surface area contributed by atoms with Crippen LogP contribution in [-0.2, 0) is 10.0 Å². The first-order valence-electron chi connectivity index (χ1n) is 8.47. The van der Waals surface area contributed by atoms with Crippen LogP contribution in [0.25, 0.3) is 0 Å². The van der Waals surface area contributed by atoms with Crippen molar-refractivity contribution in [3.8, 4) is 0 Å². The largest absolute Gasteiger partial charge is 0.316 e. The predicted molar refractivity (Wildman–Crippen MR) is 97.1 cm³/mol. The summed E-state index contributed by atoms with van der Waals surface area (Å²) >= 11 is 0. The van der Waals surface area contributed by atoms with Crippen LogP contribution in [0.1, 0.15) is 28.8 Å². The number of nitrogens with one attached hydrogen (secondary N) is 2. The summed E-state index contributed by atoms with van der Waals surface area (Å²) in [4.78, 5) is 12.8. The fourth-order valence-corrected chi connectivity index (χ4v) is 4.36. The molecule has 25 heavy (non-hydrogen) atoms. The van der Waals surface area contributed by atoms with Crippen molar-refractivity contribution in [2.75, 3.05) is 19.6 Å². The highest BCUT2D eigenvalue weighted by atomic mass is 32.2. The molecular weight excluding hydrogens is 336 g/mol. The molecule has 3 rings (SSSR count). The fourth-order valence-electron chi connectivity index (χ4n) is 3.04. The highest BCUT2D eigenvalue weighted by molar-refractivity contribution is 7.89. The molecule has 1 aliphatic heterocycles. The SMILES string of the molecule is O=C(c1ccccc1)c1ccccc1S(=O)(=O)NCC1CCCNC1. The summed E-state index contributed by atoms with van der Waals surface area (Å²) in [6, 6.07) is 15.1. The van der Waals surface area contributed by atoms with Gasteiger partial charge in [0.05, 0.1) is 4.90 Å². The molecule has 6 heteroatoms. The summed E-state index contributed by atoms with van der Waals surface area (Å²) in [5.74, 6) is -0.0126. The van der Waals surface area contributed by atoms with Crippen LogP contribution in [0.5, 0.6) is 0 Å². The minimum Gasteiger partial charge on any atom is -0.316 e. The summed E-state index contributed by atoms with van der Waals surface area (Å²) in [5, 5.41) is 3.27. The maximum atomic E-state index is 12.7. The third-order valence-electron chi connectivity index (χ3n) is 4.42. The Morgan fingerprint density at radius 3 is 2.52 bits per heavy atom. The molecule has 0 spiro atoms. The van der Waals surface area contributed by atoms with Crippen molar-refractivity contribution >= 4 is 15.8 Å². The van der Waals surface area contributed by atoms with Gasteiger partial charge in [-0.25, -0.2) is 13.1 Å². The van der Waals surface area contributed by atoms with Gasteiger partial charge in [-0.3, -0.25) is 4.79 Å². The van der Waals surface area contributed by atoms with Crippen molar-refractivity contribution in [3.05, 3.63) is 65.7 Å². The van der Waals surface area contributed by atoms with E-state index in [0.29, 0.717) is 12.1 Å². The fraction of sp³-hybridized carbons (Fsp3) is 0.316. The highest BCUT2D eigenvalue weighted by Crippen LogP contribution is 2.20. The number of carbonyl (C=O) groups excluding carboxylic acids is 1. The molecular formula is C19H22N2O3S. The van der Waals surface area contributed by atoms with Crippen LogP contribution >= 0.6 is 0 Å². The predicted octanol–water partition coefficient (Wildman–Crippen LogP) is 2.20. The number of rotatable bonds is 6. The molecule has 1 aliphatic rings. The van der Waals surface area contributed by atoms with Crippen LogP contribution in [0.2, 0.25) is 0 Å². The Hall–Kier alpha value is -2.02. The van der Waals surface area contributed by atoms with Gasteiger partial charge in [-0.05, 0) is 44.0 Å². The first-order valence-corrected chi connectivity index (χ1v) is 9.95. The molecule has 1 unspecified atom stereocenters. The van der Waals surface area contributed by atoms with E-state index in [-0.39, 0.29) is 22.2 Å². The summed E-state index contributed by atoms with van der Waals surface area (Å²) in [7, 11) is -3.74. The van der Waals surface area contributed by atoms with Crippen molar-refractivity contribution in [2.45, 2.75) is 17.7 Å². The maximum Gasteiger partial charge on any atom is 0.241 e. The molecule has 132 valence electrons. The Labute approximate surface area is 148 Å².